The van der Waals surface area contributed by atoms with Crippen LogP contribution in [0.4, 0.5) is 5.69 Å². The molecule has 0 heterocycles. The fraction of sp³-hybridized carbons (Fsp3) is 0.100. The summed E-state index contributed by atoms with van der Waals surface area (Å²) < 4.78 is 0. The van der Waals surface area contributed by atoms with E-state index in [2.05, 4.69) is 11.9 Å². The lowest BCUT2D eigenvalue weighted by Crippen LogP contribution is -2.23. The minimum Gasteiger partial charge on any atom is -0.398 e. The summed E-state index contributed by atoms with van der Waals surface area (Å²) in [6, 6.07) is 4.76. The molecule has 0 aliphatic heterocycles. The molecule has 0 bridgehead atoms. The molecule has 3 nitrogen and oxygen atoms in total. The molecule has 0 aliphatic rings. The summed E-state index contributed by atoms with van der Waals surface area (Å²) in [5, 5.41) is 3.09. The van der Waals surface area contributed by atoms with Crippen molar-refractivity contribution in [2.75, 3.05) is 12.3 Å². The van der Waals surface area contributed by atoms with Crippen LogP contribution in [0, 0.1) is 0 Å². The van der Waals surface area contributed by atoms with E-state index in [9.17, 15) is 4.79 Å². The highest BCUT2D eigenvalue weighted by molar-refractivity contribution is 6.33. The first-order chi connectivity index (χ1) is 6.65. The Bertz CT molecular complexity index is 363. The zero-order chi connectivity index (χ0) is 10.6. The van der Waals surface area contributed by atoms with Gasteiger partial charge in [-0.25, -0.2) is 0 Å². The monoisotopic (exact) mass is 210 g/mol. The summed E-state index contributed by atoms with van der Waals surface area (Å²) in [7, 11) is 0. The molecule has 0 saturated heterocycles. The highest BCUT2D eigenvalue weighted by Gasteiger charge is 2.05. The number of carbonyl (C=O) groups is 1. The highest BCUT2D eigenvalue weighted by atomic mass is 35.5. The number of anilines is 1. The topological polar surface area (TPSA) is 55.1 Å². The van der Waals surface area contributed by atoms with Gasteiger partial charge in [0.05, 0.1) is 10.7 Å². The van der Waals surface area contributed by atoms with Gasteiger partial charge in [0, 0.05) is 12.1 Å². The van der Waals surface area contributed by atoms with Gasteiger partial charge < -0.3 is 11.1 Å². The van der Waals surface area contributed by atoms with Crippen molar-refractivity contribution < 1.29 is 4.79 Å². The van der Waals surface area contributed by atoms with Gasteiger partial charge in [0.2, 0.25) is 0 Å². The Balaban J connectivity index is 2.80. The van der Waals surface area contributed by atoms with E-state index in [1.54, 1.807) is 24.3 Å². The van der Waals surface area contributed by atoms with Crippen molar-refractivity contribution in [3.63, 3.8) is 0 Å². The van der Waals surface area contributed by atoms with Gasteiger partial charge in [-0.05, 0) is 18.2 Å². The van der Waals surface area contributed by atoms with Gasteiger partial charge in [-0.3, -0.25) is 4.79 Å². The quantitative estimate of drug-likeness (QED) is 0.591. The lowest BCUT2D eigenvalue weighted by Gasteiger charge is -2.04. The van der Waals surface area contributed by atoms with E-state index in [0.29, 0.717) is 22.8 Å². The van der Waals surface area contributed by atoms with Crippen molar-refractivity contribution in [3.05, 3.63) is 41.4 Å². The molecule has 1 aromatic carbocycles. The smallest absolute Gasteiger partial charge is 0.251 e. The third-order valence-electron chi connectivity index (χ3n) is 1.67. The Labute approximate surface area is 87.6 Å². The van der Waals surface area contributed by atoms with Crippen molar-refractivity contribution in [1.29, 1.82) is 0 Å². The number of nitrogens with one attached hydrogen (secondary N) is 1. The van der Waals surface area contributed by atoms with Gasteiger partial charge in [0.15, 0.2) is 0 Å². The first-order valence-electron chi connectivity index (χ1n) is 4.09. The maximum absolute atomic E-state index is 11.4. The Morgan fingerprint density at radius 1 is 1.64 bits per heavy atom. The maximum atomic E-state index is 11.4. The maximum Gasteiger partial charge on any atom is 0.251 e. The van der Waals surface area contributed by atoms with Gasteiger partial charge in [0.1, 0.15) is 0 Å². The van der Waals surface area contributed by atoms with E-state index < -0.39 is 0 Å². The minimum absolute atomic E-state index is 0.187. The summed E-state index contributed by atoms with van der Waals surface area (Å²) >= 11 is 5.72. The molecule has 0 radical (unpaired) electrons. The van der Waals surface area contributed by atoms with Crippen LogP contribution in [0.3, 0.4) is 0 Å². The molecule has 1 rings (SSSR count). The van der Waals surface area contributed by atoms with Crippen molar-refractivity contribution in [2.24, 2.45) is 0 Å². The summed E-state index contributed by atoms with van der Waals surface area (Å²) in [4.78, 5) is 11.4. The van der Waals surface area contributed by atoms with Crippen LogP contribution in [0.15, 0.2) is 30.9 Å². The number of benzene rings is 1. The Hall–Kier alpha value is -1.48. The molecule has 0 unspecified atom stereocenters. The Morgan fingerprint density at radius 3 is 2.93 bits per heavy atom. The molecule has 4 heteroatoms. The third-order valence-corrected chi connectivity index (χ3v) is 2.01. The van der Waals surface area contributed by atoms with Gasteiger partial charge in [-0.2, -0.15) is 0 Å². The minimum atomic E-state index is -0.187. The summed E-state index contributed by atoms with van der Waals surface area (Å²) in [5.74, 6) is -0.187. The molecule has 0 spiro atoms. The summed E-state index contributed by atoms with van der Waals surface area (Å²) in [6.07, 6.45) is 1.61. The average molecular weight is 211 g/mol. The van der Waals surface area contributed by atoms with Crippen LogP contribution in [0.25, 0.3) is 0 Å². The van der Waals surface area contributed by atoms with E-state index in [0.717, 1.165) is 0 Å². The molecule has 74 valence electrons. The Morgan fingerprint density at radius 2 is 2.36 bits per heavy atom. The number of amides is 1. The lowest BCUT2D eigenvalue weighted by molar-refractivity contribution is 0.0958. The van der Waals surface area contributed by atoms with Crippen LogP contribution in [0.2, 0.25) is 5.02 Å². The number of nitrogens with two attached hydrogens (primary N) is 1. The van der Waals surface area contributed by atoms with Gasteiger partial charge in [0.25, 0.3) is 5.91 Å². The van der Waals surface area contributed by atoms with Crippen molar-refractivity contribution in [3.8, 4) is 0 Å². The second kappa shape index (κ2) is 4.67. The number of nitrogen functional groups attached to an aromatic ring is 1. The third kappa shape index (κ3) is 2.50. The predicted octanol–water partition coefficient (Wildman–Crippen LogP) is 1.84. The number of halogens is 1. The second-order valence-corrected chi connectivity index (χ2v) is 3.14. The number of hydrogen-bond donors (Lipinski definition) is 2. The predicted molar refractivity (Wildman–Crippen MR) is 58.4 cm³/mol. The highest BCUT2D eigenvalue weighted by Crippen LogP contribution is 2.19. The molecular weight excluding hydrogens is 200 g/mol. The molecule has 0 aromatic heterocycles. The van der Waals surface area contributed by atoms with Crippen molar-refractivity contribution in [1.82, 2.24) is 5.32 Å². The largest absolute Gasteiger partial charge is 0.398 e. The van der Waals surface area contributed by atoms with Crippen LogP contribution in [-0.4, -0.2) is 12.5 Å². The lowest BCUT2D eigenvalue weighted by atomic mass is 10.2. The summed E-state index contributed by atoms with van der Waals surface area (Å²) in [6.45, 7) is 3.93. The molecular formula is C10H11ClN2O. The first-order valence-corrected chi connectivity index (χ1v) is 4.47. The summed E-state index contributed by atoms with van der Waals surface area (Å²) in [5.41, 5.74) is 6.45. The molecule has 0 atom stereocenters. The fourth-order valence-corrected chi connectivity index (χ4v) is 1.07. The number of hydrogen-bond acceptors (Lipinski definition) is 2. The van der Waals surface area contributed by atoms with E-state index in [1.165, 1.54) is 0 Å². The van der Waals surface area contributed by atoms with Gasteiger partial charge in [-0.15, -0.1) is 6.58 Å². The molecule has 1 amide bonds. The normalized spacial score (nSPS) is 9.50. The van der Waals surface area contributed by atoms with E-state index in [1.807, 2.05) is 0 Å². The van der Waals surface area contributed by atoms with Gasteiger partial charge >= 0.3 is 0 Å². The van der Waals surface area contributed by atoms with Crippen LogP contribution in [0.5, 0.6) is 0 Å². The van der Waals surface area contributed by atoms with Crippen LogP contribution in [-0.2, 0) is 0 Å². The molecule has 0 aliphatic carbocycles. The van der Waals surface area contributed by atoms with E-state index >= 15 is 0 Å². The van der Waals surface area contributed by atoms with Crippen LogP contribution in [0.1, 0.15) is 10.4 Å². The second-order valence-electron chi connectivity index (χ2n) is 2.73. The zero-order valence-electron chi connectivity index (χ0n) is 7.59. The van der Waals surface area contributed by atoms with Crippen molar-refractivity contribution >= 4 is 23.2 Å². The number of rotatable bonds is 3. The zero-order valence-corrected chi connectivity index (χ0v) is 8.34. The Kier molecular flexibility index (Phi) is 3.54. The number of carbonyl (C=O) groups excluding carboxylic acids is 1. The van der Waals surface area contributed by atoms with E-state index in [4.69, 9.17) is 17.3 Å². The molecule has 14 heavy (non-hydrogen) atoms. The van der Waals surface area contributed by atoms with Gasteiger partial charge in [-0.1, -0.05) is 17.7 Å². The molecule has 3 N–H and O–H groups in total. The van der Waals surface area contributed by atoms with E-state index in [-0.39, 0.29) is 5.91 Å². The fourth-order valence-electron chi connectivity index (χ4n) is 0.952. The standard InChI is InChI=1S/C10H11ClN2O/c1-2-5-13-10(14)7-3-4-8(11)9(12)6-7/h2-4,6H,1,5,12H2,(H,13,14). The molecule has 0 fully saturated rings. The van der Waals surface area contributed by atoms with Crippen LogP contribution >= 0.6 is 11.6 Å². The SMILES string of the molecule is C=CCNC(=O)c1ccc(Cl)c(N)c1. The average Bonchev–Trinajstić information content (AvgIpc) is 2.18. The molecule has 1 aromatic rings. The van der Waals surface area contributed by atoms with Crippen molar-refractivity contribution in [2.45, 2.75) is 0 Å². The molecule has 0 saturated carbocycles. The first kappa shape index (κ1) is 10.6. The van der Waals surface area contributed by atoms with Crippen LogP contribution < -0.4 is 11.1 Å².